The van der Waals surface area contributed by atoms with Gasteiger partial charge in [-0.1, -0.05) is 146 Å². The van der Waals surface area contributed by atoms with Crippen LogP contribution < -0.4 is 19.5 Å². The topological polar surface area (TPSA) is 44.8 Å². The van der Waals surface area contributed by atoms with Crippen molar-refractivity contribution in [3.63, 3.8) is 0 Å². The Hall–Kier alpha value is -6.09. The van der Waals surface area contributed by atoms with Gasteiger partial charge in [0.25, 0.3) is 0 Å². The van der Waals surface area contributed by atoms with E-state index in [1.54, 1.807) is 0 Å². The molecule has 60 heavy (non-hydrogen) atoms. The van der Waals surface area contributed by atoms with Crippen LogP contribution >= 0.6 is 7.14 Å². The highest BCUT2D eigenvalue weighted by Crippen LogP contribution is 2.72. The lowest BCUT2D eigenvalue weighted by molar-refractivity contribution is 0.105. The van der Waals surface area contributed by atoms with Gasteiger partial charge in [-0.3, -0.25) is 0 Å². The van der Waals surface area contributed by atoms with E-state index in [0.717, 1.165) is 84.6 Å². The zero-order valence-electron chi connectivity index (χ0n) is 35.5. The largest absolute Gasteiger partial charge is 0.489 e. The summed E-state index contributed by atoms with van der Waals surface area (Å²) in [4.78, 5) is 0. The number of hydrogen-bond acceptors (Lipinski definition) is 4. The van der Waals surface area contributed by atoms with E-state index in [1.807, 2.05) is 66.7 Å². The molecule has 0 spiro atoms. The summed E-state index contributed by atoms with van der Waals surface area (Å²) in [6, 6.07) is 54.0. The minimum absolute atomic E-state index is 0.342. The van der Waals surface area contributed by atoms with Crippen molar-refractivity contribution in [3.8, 4) is 34.1 Å². The number of rotatable bonds is 13. The molecule has 0 fully saturated rings. The quantitative estimate of drug-likeness (QED) is 0.0860. The van der Waals surface area contributed by atoms with Crippen LogP contribution in [0.25, 0.3) is 17.2 Å². The molecule has 302 valence electrons. The number of fused-ring (bicyclic) bond motifs is 3. The summed E-state index contributed by atoms with van der Waals surface area (Å²) < 4.78 is 36.7. The first-order valence-electron chi connectivity index (χ1n) is 20.8. The van der Waals surface area contributed by atoms with Crippen LogP contribution in [0.4, 0.5) is 0 Å². The fourth-order valence-electron chi connectivity index (χ4n) is 8.76. The lowest BCUT2D eigenvalue weighted by Crippen LogP contribution is -2.36. The maximum absolute atomic E-state index is 17.2. The van der Waals surface area contributed by atoms with E-state index in [2.05, 4.69) is 145 Å². The summed E-state index contributed by atoms with van der Waals surface area (Å²) in [6.45, 7) is 16.9. The van der Waals surface area contributed by atoms with Crippen molar-refractivity contribution in [3.05, 3.63) is 214 Å². The van der Waals surface area contributed by atoms with Gasteiger partial charge < -0.3 is 18.8 Å². The molecular formula is C55H53O4P. The molecule has 0 aromatic heterocycles. The van der Waals surface area contributed by atoms with E-state index in [1.165, 1.54) is 5.56 Å². The second-order valence-electron chi connectivity index (χ2n) is 16.6. The molecule has 0 saturated heterocycles. The summed E-state index contributed by atoms with van der Waals surface area (Å²) in [5.74, 6) is 3.06. The SMILES string of the molecule is C=Cc1ccc(COc2ccc(C(c3ccc(Oc4c(C)cc(C)cc4C)cc3)(c3ccc(OC(C)(C)CC)cc3)P3(=O)Cc4ccccc4-c4ccccc43)cc2)cc1. The Morgan fingerprint density at radius 1 is 0.650 bits per heavy atom. The highest BCUT2D eigenvalue weighted by Gasteiger charge is 2.55. The van der Waals surface area contributed by atoms with Crippen molar-refractivity contribution in [2.75, 3.05) is 0 Å². The molecule has 1 aliphatic rings. The number of aryl methyl sites for hydroxylation is 3. The molecule has 0 N–H and O–H groups in total. The Labute approximate surface area is 355 Å². The number of benzene rings is 7. The molecule has 0 radical (unpaired) electrons. The van der Waals surface area contributed by atoms with Crippen molar-refractivity contribution in [2.24, 2.45) is 0 Å². The molecule has 7 aromatic carbocycles. The summed E-state index contributed by atoms with van der Waals surface area (Å²) >= 11 is 0. The third-order valence-corrected chi connectivity index (χ3v) is 15.9. The van der Waals surface area contributed by atoms with Gasteiger partial charge in [-0.25, -0.2) is 0 Å². The molecule has 2 atom stereocenters. The van der Waals surface area contributed by atoms with Crippen LogP contribution in [0.2, 0.25) is 0 Å². The van der Waals surface area contributed by atoms with Crippen LogP contribution in [0.1, 0.15) is 77.3 Å². The van der Waals surface area contributed by atoms with Crippen LogP contribution in [0.3, 0.4) is 0 Å². The van der Waals surface area contributed by atoms with Crippen molar-refractivity contribution in [2.45, 2.75) is 71.5 Å². The fraction of sp³-hybridized carbons (Fsp3) is 0.200. The van der Waals surface area contributed by atoms with E-state index >= 15 is 4.57 Å². The van der Waals surface area contributed by atoms with E-state index in [-0.39, 0.29) is 5.60 Å². The van der Waals surface area contributed by atoms with E-state index in [9.17, 15) is 0 Å². The van der Waals surface area contributed by atoms with Crippen LogP contribution in [-0.2, 0) is 22.5 Å². The lowest BCUT2D eigenvalue weighted by Gasteiger charge is -2.45. The van der Waals surface area contributed by atoms with Gasteiger partial charge in [-0.2, -0.15) is 0 Å². The van der Waals surface area contributed by atoms with E-state index in [4.69, 9.17) is 14.2 Å². The van der Waals surface area contributed by atoms with Crippen LogP contribution in [0, 0.1) is 20.8 Å². The molecule has 0 bridgehead atoms. The van der Waals surface area contributed by atoms with Gasteiger partial charge in [-0.15, -0.1) is 0 Å². The van der Waals surface area contributed by atoms with Gasteiger partial charge in [0.15, 0.2) is 0 Å². The van der Waals surface area contributed by atoms with Gasteiger partial charge in [-0.05, 0) is 133 Å². The van der Waals surface area contributed by atoms with Crippen molar-refractivity contribution >= 4 is 18.5 Å². The molecule has 1 heterocycles. The highest BCUT2D eigenvalue weighted by molar-refractivity contribution is 7.73. The van der Waals surface area contributed by atoms with Crippen LogP contribution in [0.15, 0.2) is 164 Å². The third-order valence-electron chi connectivity index (χ3n) is 12.0. The van der Waals surface area contributed by atoms with Gasteiger partial charge in [0.1, 0.15) is 47.5 Å². The highest BCUT2D eigenvalue weighted by atomic mass is 31.2. The first-order valence-corrected chi connectivity index (χ1v) is 22.7. The van der Waals surface area contributed by atoms with Gasteiger partial charge in [0, 0.05) is 11.5 Å². The Bertz CT molecular complexity index is 2670. The maximum atomic E-state index is 17.2. The molecule has 4 nitrogen and oxygen atoms in total. The van der Waals surface area contributed by atoms with Crippen LogP contribution in [0.5, 0.6) is 23.0 Å². The maximum Gasteiger partial charge on any atom is 0.138 e. The van der Waals surface area contributed by atoms with E-state index < -0.39 is 12.3 Å². The smallest absolute Gasteiger partial charge is 0.138 e. The molecule has 1 aliphatic heterocycles. The molecular weight excluding hydrogens is 756 g/mol. The molecule has 5 heteroatoms. The molecule has 2 unspecified atom stereocenters. The molecule has 0 saturated carbocycles. The molecule has 0 aliphatic carbocycles. The lowest BCUT2D eigenvalue weighted by atomic mass is 9.83. The average molecular weight is 809 g/mol. The summed E-state index contributed by atoms with van der Waals surface area (Å²) in [5.41, 5.74) is 11.1. The van der Waals surface area contributed by atoms with Crippen LogP contribution in [-0.4, -0.2) is 5.60 Å². The summed E-state index contributed by atoms with van der Waals surface area (Å²) in [6.07, 6.45) is 3.07. The Morgan fingerprint density at radius 2 is 1.18 bits per heavy atom. The van der Waals surface area contributed by atoms with Crippen molar-refractivity contribution in [1.29, 1.82) is 0 Å². The molecule has 8 rings (SSSR count). The normalized spacial score (nSPS) is 15.6. The molecule has 7 aromatic rings. The Balaban J connectivity index is 1.33. The third kappa shape index (κ3) is 7.62. The predicted molar refractivity (Wildman–Crippen MR) is 249 cm³/mol. The van der Waals surface area contributed by atoms with Crippen molar-refractivity contribution < 1.29 is 18.8 Å². The van der Waals surface area contributed by atoms with Gasteiger partial charge >= 0.3 is 0 Å². The predicted octanol–water partition coefficient (Wildman–Crippen LogP) is 14.4. The second-order valence-corrected chi connectivity index (χ2v) is 19.6. The second kappa shape index (κ2) is 16.5. The first kappa shape index (κ1) is 40.7. The zero-order chi connectivity index (χ0) is 42.1. The molecule has 0 amide bonds. The minimum atomic E-state index is -3.52. The zero-order valence-corrected chi connectivity index (χ0v) is 36.4. The Morgan fingerprint density at radius 3 is 1.77 bits per heavy atom. The standard InChI is InChI=1S/C55H53O4P/c1-8-41-18-20-42(21-19-41)36-57-47-28-22-44(23-29-47)55(46-26-32-49(33-27-46)59-54(6,7)9-2,45-24-30-48(31-25-45)58-53-39(4)34-38(3)35-40(53)5)60(56)37-43-14-10-11-15-50(43)51-16-12-13-17-52(51)60/h8,10-35H,1,9,36-37H2,2-7H3. The fourth-order valence-corrected chi connectivity index (χ4v) is 12.9. The minimum Gasteiger partial charge on any atom is -0.489 e. The summed E-state index contributed by atoms with van der Waals surface area (Å²) in [5, 5.41) is -0.270. The monoisotopic (exact) mass is 808 g/mol. The Kier molecular flexibility index (Phi) is 11.2. The average Bonchev–Trinajstić information content (AvgIpc) is 3.26. The number of ether oxygens (including phenoxy) is 3. The van der Waals surface area contributed by atoms with E-state index in [0.29, 0.717) is 18.5 Å². The summed E-state index contributed by atoms with van der Waals surface area (Å²) in [7, 11) is -3.52. The van der Waals surface area contributed by atoms with Gasteiger partial charge in [0.2, 0.25) is 0 Å². The van der Waals surface area contributed by atoms with Crippen molar-refractivity contribution in [1.82, 2.24) is 0 Å². The number of hydrogen-bond donors (Lipinski definition) is 0. The van der Waals surface area contributed by atoms with Gasteiger partial charge in [0.05, 0.1) is 0 Å². The first-order chi connectivity index (χ1) is 28.9.